The van der Waals surface area contributed by atoms with E-state index < -0.39 is 0 Å². The first-order valence-electron chi connectivity index (χ1n) is 3.43. The molecule has 1 aliphatic rings. The van der Waals surface area contributed by atoms with Crippen LogP contribution >= 0.6 is 0 Å². The molecule has 0 aromatic heterocycles. The predicted molar refractivity (Wildman–Crippen MR) is 39.8 cm³/mol. The van der Waals surface area contributed by atoms with Gasteiger partial charge in [-0.25, -0.2) is 0 Å². The second kappa shape index (κ2) is 2.45. The minimum Gasteiger partial charge on any atom is -0.273 e. The summed E-state index contributed by atoms with van der Waals surface area (Å²) in [5.41, 5.74) is 0.699. The van der Waals surface area contributed by atoms with Gasteiger partial charge in [-0.3, -0.25) is 9.59 Å². The number of carbonyl (C=O) groups excluding carboxylic acids is 2. The first-order valence-corrected chi connectivity index (χ1v) is 3.43. The van der Waals surface area contributed by atoms with Crippen LogP contribution in [0.15, 0.2) is 5.10 Å². The molecule has 1 atom stereocenters. The minimum atomic E-state index is -0.321. The Labute approximate surface area is 64.9 Å². The van der Waals surface area contributed by atoms with Crippen molar-refractivity contribution in [2.24, 2.45) is 11.0 Å². The van der Waals surface area contributed by atoms with Crippen LogP contribution in [0.3, 0.4) is 0 Å². The van der Waals surface area contributed by atoms with E-state index in [9.17, 15) is 9.59 Å². The van der Waals surface area contributed by atoms with Gasteiger partial charge in [-0.2, -0.15) is 10.1 Å². The van der Waals surface area contributed by atoms with E-state index in [-0.39, 0.29) is 17.7 Å². The van der Waals surface area contributed by atoms with Gasteiger partial charge >= 0.3 is 0 Å². The lowest BCUT2D eigenvalue weighted by atomic mass is 10.1. The SMILES string of the molecule is CC(=O)N1N=C(C)C(C)C1=O. The van der Waals surface area contributed by atoms with Crippen LogP contribution in [0.5, 0.6) is 0 Å². The van der Waals surface area contributed by atoms with Crippen molar-refractivity contribution in [3.05, 3.63) is 0 Å². The van der Waals surface area contributed by atoms with Crippen LogP contribution in [0, 0.1) is 5.92 Å². The van der Waals surface area contributed by atoms with E-state index in [4.69, 9.17) is 0 Å². The molecule has 4 heteroatoms. The van der Waals surface area contributed by atoms with Gasteiger partial charge in [0.05, 0.1) is 5.92 Å². The van der Waals surface area contributed by atoms with Crippen molar-refractivity contribution in [3.8, 4) is 0 Å². The molecular formula is C7H10N2O2. The van der Waals surface area contributed by atoms with Gasteiger partial charge in [0.2, 0.25) is 5.91 Å². The highest BCUT2D eigenvalue weighted by atomic mass is 16.2. The normalized spacial score (nSPS) is 23.9. The van der Waals surface area contributed by atoms with Crippen molar-refractivity contribution in [1.29, 1.82) is 0 Å². The monoisotopic (exact) mass is 154 g/mol. The molecule has 1 rings (SSSR count). The molecule has 2 amide bonds. The highest BCUT2D eigenvalue weighted by Gasteiger charge is 2.31. The van der Waals surface area contributed by atoms with E-state index in [0.29, 0.717) is 5.71 Å². The number of amides is 2. The lowest BCUT2D eigenvalue weighted by Gasteiger charge is -2.05. The number of hydrogen-bond donors (Lipinski definition) is 0. The molecule has 0 N–H and O–H groups in total. The van der Waals surface area contributed by atoms with E-state index in [1.807, 2.05) is 0 Å². The fraction of sp³-hybridized carbons (Fsp3) is 0.571. The van der Waals surface area contributed by atoms with Gasteiger partial charge in [0, 0.05) is 12.6 Å². The zero-order valence-electron chi connectivity index (χ0n) is 6.79. The molecule has 1 aliphatic heterocycles. The van der Waals surface area contributed by atoms with Gasteiger partial charge in [-0.05, 0) is 13.8 Å². The van der Waals surface area contributed by atoms with Crippen LogP contribution in [0.4, 0.5) is 0 Å². The van der Waals surface area contributed by atoms with Crippen molar-refractivity contribution in [3.63, 3.8) is 0 Å². The highest BCUT2D eigenvalue weighted by Crippen LogP contribution is 2.14. The molecule has 0 fully saturated rings. The summed E-state index contributed by atoms with van der Waals surface area (Å²) >= 11 is 0. The van der Waals surface area contributed by atoms with Gasteiger partial charge in [-0.1, -0.05) is 0 Å². The first-order chi connectivity index (χ1) is 5.04. The third-order valence-corrected chi connectivity index (χ3v) is 1.76. The third-order valence-electron chi connectivity index (χ3n) is 1.76. The Morgan fingerprint density at radius 2 is 2.18 bits per heavy atom. The fourth-order valence-corrected chi connectivity index (χ4v) is 0.881. The molecule has 0 radical (unpaired) electrons. The fourth-order valence-electron chi connectivity index (χ4n) is 0.881. The van der Waals surface area contributed by atoms with Gasteiger partial charge in [0.15, 0.2) is 0 Å². The van der Waals surface area contributed by atoms with Crippen LogP contribution in [0.25, 0.3) is 0 Å². The van der Waals surface area contributed by atoms with Crippen molar-refractivity contribution in [2.75, 3.05) is 0 Å². The summed E-state index contributed by atoms with van der Waals surface area (Å²) in [5.74, 6) is -0.785. The van der Waals surface area contributed by atoms with Crippen molar-refractivity contribution >= 4 is 17.5 Å². The van der Waals surface area contributed by atoms with E-state index in [1.165, 1.54) is 6.92 Å². The molecule has 1 heterocycles. The summed E-state index contributed by atoms with van der Waals surface area (Å²) < 4.78 is 0. The predicted octanol–water partition coefficient (Wildman–Crippen LogP) is 0.387. The maximum Gasteiger partial charge on any atom is 0.258 e. The number of hydrazone groups is 1. The average molecular weight is 154 g/mol. The van der Waals surface area contributed by atoms with E-state index in [2.05, 4.69) is 5.10 Å². The number of carbonyl (C=O) groups is 2. The molecule has 4 nitrogen and oxygen atoms in total. The van der Waals surface area contributed by atoms with E-state index in [0.717, 1.165) is 5.01 Å². The second-order valence-electron chi connectivity index (χ2n) is 2.63. The highest BCUT2D eigenvalue weighted by molar-refractivity contribution is 6.11. The summed E-state index contributed by atoms with van der Waals surface area (Å²) in [4.78, 5) is 21.9. The van der Waals surface area contributed by atoms with Crippen LogP contribution in [-0.2, 0) is 9.59 Å². The van der Waals surface area contributed by atoms with E-state index >= 15 is 0 Å². The third kappa shape index (κ3) is 1.15. The number of rotatable bonds is 0. The molecule has 0 spiro atoms. The minimum absolute atomic E-state index is 0.227. The molecular weight excluding hydrogens is 144 g/mol. The smallest absolute Gasteiger partial charge is 0.258 e. The molecule has 0 aliphatic carbocycles. The Kier molecular flexibility index (Phi) is 1.76. The zero-order valence-corrected chi connectivity index (χ0v) is 6.79. The first kappa shape index (κ1) is 7.91. The molecule has 0 saturated heterocycles. The Hall–Kier alpha value is -1.19. The molecule has 0 aromatic carbocycles. The number of hydrogen-bond acceptors (Lipinski definition) is 3. The second-order valence-corrected chi connectivity index (χ2v) is 2.63. The number of imide groups is 1. The largest absolute Gasteiger partial charge is 0.273 e. The Morgan fingerprint density at radius 1 is 1.64 bits per heavy atom. The zero-order chi connectivity index (χ0) is 8.59. The summed E-state index contributed by atoms with van der Waals surface area (Å²) in [6, 6.07) is 0. The summed E-state index contributed by atoms with van der Waals surface area (Å²) in [6.45, 7) is 4.81. The van der Waals surface area contributed by atoms with E-state index in [1.54, 1.807) is 13.8 Å². The molecule has 0 saturated carbocycles. The van der Waals surface area contributed by atoms with Crippen molar-refractivity contribution < 1.29 is 9.59 Å². The summed E-state index contributed by atoms with van der Waals surface area (Å²) in [6.07, 6.45) is 0. The Balaban J connectivity index is 2.89. The summed E-state index contributed by atoms with van der Waals surface area (Å²) in [7, 11) is 0. The summed E-state index contributed by atoms with van der Waals surface area (Å²) in [5, 5.41) is 4.72. The van der Waals surface area contributed by atoms with Crippen LogP contribution in [0.1, 0.15) is 20.8 Å². The lowest BCUT2D eigenvalue weighted by Crippen LogP contribution is -2.29. The van der Waals surface area contributed by atoms with Gasteiger partial charge in [-0.15, -0.1) is 0 Å². The topological polar surface area (TPSA) is 49.7 Å². The van der Waals surface area contributed by atoms with Crippen molar-refractivity contribution in [2.45, 2.75) is 20.8 Å². The van der Waals surface area contributed by atoms with Crippen LogP contribution in [-0.4, -0.2) is 22.5 Å². The molecule has 0 aromatic rings. The molecule has 0 bridgehead atoms. The lowest BCUT2D eigenvalue weighted by molar-refractivity contribution is -0.143. The maximum absolute atomic E-state index is 11.1. The molecule has 11 heavy (non-hydrogen) atoms. The Bertz CT molecular complexity index is 245. The van der Waals surface area contributed by atoms with Crippen LogP contribution in [0.2, 0.25) is 0 Å². The van der Waals surface area contributed by atoms with Gasteiger partial charge in [0.25, 0.3) is 5.91 Å². The maximum atomic E-state index is 11.1. The molecule has 1 unspecified atom stereocenters. The molecule has 60 valence electrons. The standard InChI is InChI=1S/C7H10N2O2/c1-4-5(2)8-9(6(3)10)7(4)11/h4H,1-3H3. The van der Waals surface area contributed by atoms with Crippen molar-refractivity contribution in [1.82, 2.24) is 5.01 Å². The number of nitrogens with zero attached hydrogens (tertiary/aromatic N) is 2. The van der Waals surface area contributed by atoms with Gasteiger partial charge in [0.1, 0.15) is 0 Å². The Morgan fingerprint density at radius 3 is 2.36 bits per heavy atom. The van der Waals surface area contributed by atoms with Crippen LogP contribution < -0.4 is 0 Å². The van der Waals surface area contributed by atoms with Gasteiger partial charge < -0.3 is 0 Å². The average Bonchev–Trinajstić information content (AvgIpc) is 2.17. The quantitative estimate of drug-likeness (QED) is 0.506.